The lowest BCUT2D eigenvalue weighted by Crippen LogP contribution is -2.33. The molecular weight excluding hydrogens is 481 g/mol. The number of carbonyl (C=O) groups is 2. The van der Waals surface area contributed by atoms with Crippen molar-refractivity contribution in [2.24, 2.45) is 4.40 Å². The van der Waals surface area contributed by atoms with Crippen LogP contribution in [0.3, 0.4) is 0 Å². The van der Waals surface area contributed by atoms with E-state index in [0.29, 0.717) is 15.7 Å². The first kappa shape index (κ1) is 23.3. The SMILES string of the molecule is C=CCN1C(=O)[C@@H](CC(=O)Nc2ccc(Cl)cc2)SC1=NS(=O)(=O)c1ccc(Cl)cc1. The number of nitrogens with one attached hydrogen (secondary N) is 1. The number of amidine groups is 1. The van der Waals surface area contributed by atoms with E-state index in [4.69, 9.17) is 23.2 Å². The second kappa shape index (κ2) is 9.86. The molecule has 11 heteroatoms. The third kappa shape index (κ3) is 5.88. The first-order chi connectivity index (χ1) is 14.7. The molecule has 0 aromatic heterocycles. The van der Waals surface area contributed by atoms with Crippen molar-refractivity contribution >= 4 is 67.7 Å². The maximum Gasteiger partial charge on any atom is 0.284 e. The van der Waals surface area contributed by atoms with Crippen molar-refractivity contribution in [2.45, 2.75) is 16.6 Å². The fourth-order valence-electron chi connectivity index (χ4n) is 2.68. The zero-order chi connectivity index (χ0) is 22.6. The Bertz CT molecular complexity index is 1130. The normalized spacial score (nSPS) is 17.7. The predicted molar refractivity (Wildman–Crippen MR) is 124 cm³/mol. The molecule has 0 saturated carbocycles. The fraction of sp³-hybridized carbons (Fsp3) is 0.150. The van der Waals surface area contributed by atoms with Crippen LogP contribution in [-0.4, -0.2) is 42.1 Å². The van der Waals surface area contributed by atoms with Gasteiger partial charge in [-0.15, -0.1) is 11.0 Å². The number of hydrogen-bond acceptors (Lipinski definition) is 5. The monoisotopic (exact) mass is 497 g/mol. The molecule has 1 saturated heterocycles. The Balaban J connectivity index is 1.78. The first-order valence-corrected chi connectivity index (χ1v) is 12.0. The highest BCUT2D eigenvalue weighted by molar-refractivity contribution is 8.16. The van der Waals surface area contributed by atoms with Crippen molar-refractivity contribution in [3.63, 3.8) is 0 Å². The van der Waals surface area contributed by atoms with Gasteiger partial charge in [-0.25, -0.2) is 0 Å². The van der Waals surface area contributed by atoms with Gasteiger partial charge in [0.25, 0.3) is 10.0 Å². The van der Waals surface area contributed by atoms with Gasteiger partial charge in [0.1, 0.15) is 5.25 Å². The second-order valence-electron chi connectivity index (χ2n) is 6.41. The van der Waals surface area contributed by atoms with Gasteiger partial charge in [-0.1, -0.05) is 41.0 Å². The number of carbonyl (C=O) groups excluding carboxylic acids is 2. The van der Waals surface area contributed by atoms with E-state index in [1.165, 1.54) is 35.2 Å². The van der Waals surface area contributed by atoms with Crippen molar-refractivity contribution < 1.29 is 18.0 Å². The zero-order valence-electron chi connectivity index (χ0n) is 16.0. The molecule has 1 fully saturated rings. The molecule has 3 rings (SSSR count). The number of benzene rings is 2. The smallest absolute Gasteiger partial charge is 0.284 e. The maximum absolute atomic E-state index is 12.8. The molecule has 1 atom stereocenters. The lowest BCUT2D eigenvalue weighted by atomic mass is 10.2. The van der Waals surface area contributed by atoms with Gasteiger partial charge in [-0.05, 0) is 48.5 Å². The van der Waals surface area contributed by atoms with Crippen LogP contribution in [0, 0.1) is 0 Å². The van der Waals surface area contributed by atoms with Crippen LogP contribution in [0.1, 0.15) is 6.42 Å². The number of anilines is 1. The molecule has 31 heavy (non-hydrogen) atoms. The minimum atomic E-state index is -4.07. The Morgan fingerprint density at radius 1 is 1.13 bits per heavy atom. The summed E-state index contributed by atoms with van der Waals surface area (Å²) >= 11 is 12.6. The average molecular weight is 498 g/mol. The summed E-state index contributed by atoms with van der Waals surface area (Å²) in [6, 6.07) is 12.1. The van der Waals surface area contributed by atoms with Crippen molar-refractivity contribution in [1.82, 2.24) is 4.90 Å². The summed E-state index contributed by atoms with van der Waals surface area (Å²) < 4.78 is 29.1. The van der Waals surface area contributed by atoms with Crippen molar-refractivity contribution in [3.05, 3.63) is 71.2 Å². The molecule has 0 spiro atoms. The summed E-state index contributed by atoms with van der Waals surface area (Å²) in [6.45, 7) is 3.66. The highest BCUT2D eigenvalue weighted by atomic mass is 35.5. The van der Waals surface area contributed by atoms with Gasteiger partial charge < -0.3 is 5.32 Å². The minimum absolute atomic E-state index is 0.0101. The molecule has 0 bridgehead atoms. The van der Waals surface area contributed by atoms with Crippen molar-refractivity contribution in [2.75, 3.05) is 11.9 Å². The Kier molecular flexibility index (Phi) is 7.42. The first-order valence-electron chi connectivity index (χ1n) is 8.94. The topological polar surface area (TPSA) is 95.9 Å². The van der Waals surface area contributed by atoms with Gasteiger partial charge in [-0.3, -0.25) is 14.5 Å². The third-order valence-electron chi connectivity index (χ3n) is 4.14. The largest absolute Gasteiger partial charge is 0.326 e. The number of amides is 2. The standard InChI is InChI=1S/C20H17Cl2N3O4S2/c1-2-11-25-19(27)17(12-18(26)23-15-7-3-13(21)4-8-15)30-20(25)24-31(28,29)16-9-5-14(22)6-10-16/h2-10,17H,1,11-12H2,(H,23,26)/t17-/m1/s1. The quantitative estimate of drug-likeness (QED) is 0.578. The van der Waals surface area contributed by atoms with E-state index >= 15 is 0 Å². The summed E-state index contributed by atoms with van der Waals surface area (Å²) in [5, 5.41) is 2.78. The molecule has 2 aromatic carbocycles. The third-order valence-corrected chi connectivity index (χ3v) is 7.22. The van der Waals surface area contributed by atoms with E-state index < -0.39 is 27.1 Å². The Morgan fingerprint density at radius 3 is 2.29 bits per heavy atom. The number of thioether (sulfide) groups is 1. The van der Waals surface area contributed by atoms with Crippen LogP contribution in [0.4, 0.5) is 5.69 Å². The summed E-state index contributed by atoms with van der Waals surface area (Å²) in [6.07, 6.45) is 1.30. The van der Waals surface area contributed by atoms with Crippen LogP contribution in [0.5, 0.6) is 0 Å². The molecule has 2 aromatic rings. The van der Waals surface area contributed by atoms with E-state index in [-0.39, 0.29) is 23.0 Å². The zero-order valence-corrected chi connectivity index (χ0v) is 19.1. The maximum atomic E-state index is 12.8. The second-order valence-corrected chi connectivity index (χ2v) is 10.1. The molecule has 0 radical (unpaired) electrons. The molecule has 1 heterocycles. The molecule has 0 aliphatic carbocycles. The average Bonchev–Trinajstić information content (AvgIpc) is 2.98. The summed E-state index contributed by atoms with van der Waals surface area (Å²) in [5.41, 5.74) is 0.534. The molecule has 1 N–H and O–H groups in total. The summed E-state index contributed by atoms with van der Waals surface area (Å²) in [5.74, 6) is -0.810. The van der Waals surface area contributed by atoms with Crippen molar-refractivity contribution in [3.8, 4) is 0 Å². The van der Waals surface area contributed by atoms with E-state index in [2.05, 4.69) is 16.3 Å². The molecular formula is C20H17Cl2N3O4S2. The van der Waals surface area contributed by atoms with Crippen LogP contribution in [0.15, 0.2) is 70.5 Å². The van der Waals surface area contributed by atoms with E-state index in [1.807, 2.05) is 0 Å². The van der Waals surface area contributed by atoms with E-state index in [1.54, 1.807) is 24.3 Å². The molecule has 1 aliphatic rings. The van der Waals surface area contributed by atoms with E-state index in [0.717, 1.165) is 11.8 Å². The summed E-state index contributed by atoms with van der Waals surface area (Å²) in [4.78, 5) is 26.3. The van der Waals surface area contributed by atoms with Crippen LogP contribution in [-0.2, 0) is 19.6 Å². The molecule has 2 amide bonds. The number of sulfonamides is 1. The van der Waals surface area contributed by atoms with Gasteiger partial charge in [0.2, 0.25) is 11.8 Å². The lowest BCUT2D eigenvalue weighted by molar-refractivity contribution is -0.127. The molecule has 162 valence electrons. The molecule has 1 aliphatic heterocycles. The number of nitrogens with zero attached hydrogens (tertiary/aromatic N) is 2. The highest BCUT2D eigenvalue weighted by Crippen LogP contribution is 2.31. The van der Waals surface area contributed by atoms with Crippen molar-refractivity contribution in [1.29, 1.82) is 0 Å². The fourth-order valence-corrected chi connectivity index (χ4v) is 5.30. The molecule has 0 unspecified atom stereocenters. The van der Waals surface area contributed by atoms with Gasteiger partial charge in [-0.2, -0.15) is 8.42 Å². The number of rotatable bonds is 7. The van der Waals surface area contributed by atoms with Gasteiger partial charge in [0.15, 0.2) is 5.17 Å². The van der Waals surface area contributed by atoms with Crippen LogP contribution in [0.2, 0.25) is 10.0 Å². The van der Waals surface area contributed by atoms with Gasteiger partial charge in [0.05, 0.1) is 4.90 Å². The Labute approximate surface area is 194 Å². The Morgan fingerprint density at radius 2 is 1.71 bits per heavy atom. The van der Waals surface area contributed by atoms with Gasteiger partial charge >= 0.3 is 0 Å². The predicted octanol–water partition coefficient (Wildman–Crippen LogP) is 4.20. The lowest BCUT2D eigenvalue weighted by Gasteiger charge is -2.13. The minimum Gasteiger partial charge on any atom is -0.326 e. The number of hydrogen-bond donors (Lipinski definition) is 1. The molecule has 7 nitrogen and oxygen atoms in total. The van der Waals surface area contributed by atoms with Crippen LogP contribution >= 0.6 is 35.0 Å². The summed E-state index contributed by atoms with van der Waals surface area (Å²) in [7, 11) is -4.07. The van der Waals surface area contributed by atoms with E-state index in [9.17, 15) is 18.0 Å². The Hall–Kier alpha value is -2.33. The van der Waals surface area contributed by atoms with Crippen LogP contribution in [0.25, 0.3) is 0 Å². The highest BCUT2D eigenvalue weighted by Gasteiger charge is 2.39. The van der Waals surface area contributed by atoms with Gasteiger partial charge in [0, 0.05) is 28.7 Å². The number of halogens is 2. The van der Waals surface area contributed by atoms with Crippen LogP contribution < -0.4 is 5.32 Å².